The predicted molar refractivity (Wildman–Crippen MR) is 79.3 cm³/mol. The number of carbonyl (C=O) groups is 1. The second kappa shape index (κ2) is 6.71. The summed E-state index contributed by atoms with van der Waals surface area (Å²) in [5, 5.41) is 6.49. The zero-order chi connectivity index (χ0) is 13.7. The van der Waals surface area contributed by atoms with Crippen LogP contribution in [0.5, 0.6) is 0 Å². The predicted octanol–water partition coefficient (Wildman–Crippen LogP) is 2.97. The highest BCUT2D eigenvalue weighted by atomic mass is 16.1. The van der Waals surface area contributed by atoms with Crippen LogP contribution in [-0.4, -0.2) is 18.5 Å². The van der Waals surface area contributed by atoms with E-state index in [0.717, 1.165) is 37.9 Å². The Bertz CT molecular complexity index is 431. The lowest BCUT2D eigenvalue weighted by atomic mass is 9.91. The molecule has 1 heterocycles. The van der Waals surface area contributed by atoms with Gasteiger partial charge in [0, 0.05) is 11.7 Å². The maximum absolute atomic E-state index is 12.4. The summed E-state index contributed by atoms with van der Waals surface area (Å²) in [4.78, 5) is 12.4. The van der Waals surface area contributed by atoms with Crippen LogP contribution in [0.4, 0.5) is 5.69 Å². The van der Waals surface area contributed by atoms with Crippen molar-refractivity contribution in [1.82, 2.24) is 5.32 Å². The lowest BCUT2D eigenvalue weighted by Crippen LogP contribution is -2.44. The minimum atomic E-state index is 0.0865. The first-order chi connectivity index (χ1) is 9.22. The van der Waals surface area contributed by atoms with Crippen LogP contribution in [0.15, 0.2) is 24.3 Å². The zero-order valence-electron chi connectivity index (χ0n) is 11.9. The third kappa shape index (κ3) is 3.57. The molecule has 1 aliphatic heterocycles. The monoisotopic (exact) mass is 260 g/mol. The summed E-state index contributed by atoms with van der Waals surface area (Å²) in [5.41, 5.74) is 2.21. The van der Waals surface area contributed by atoms with Crippen molar-refractivity contribution in [3.63, 3.8) is 0 Å². The first kappa shape index (κ1) is 14.1. The number of para-hydroxylation sites is 1. The van der Waals surface area contributed by atoms with Crippen molar-refractivity contribution < 1.29 is 4.79 Å². The largest absolute Gasteiger partial charge is 0.326 e. The van der Waals surface area contributed by atoms with Crippen LogP contribution in [0.2, 0.25) is 0 Å². The summed E-state index contributed by atoms with van der Waals surface area (Å²) in [6.07, 6.45) is 4.16. The molecule has 1 aromatic rings. The van der Waals surface area contributed by atoms with Gasteiger partial charge in [-0.3, -0.25) is 4.79 Å². The normalized spacial score (nSPS) is 23.1. The van der Waals surface area contributed by atoms with E-state index in [1.54, 1.807) is 0 Å². The van der Waals surface area contributed by atoms with Gasteiger partial charge in [-0.2, -0.15) is 0 Å². The summed E-state index contributed by atoms with van der Waals surface area (Å²) in [7, 11) is 0. The van der Waals surface area contributed by atoms with Crippen LogP contribution in [0.1, 0.15) is 38.7 Å². The van der Waals surface area contributed by atoms with Crippen molar-refractivity contribution in [2.24, 2.45) is 5.92 Å². The molecule has 0 aliphatic carbocycles. The molecule has 2 atom stereocenters. The molecule has 2 rings (SSSR count). The average Bonchev–Trinajstić information content (AvgIpc) is 2.41. The fourth-order valence-corrected chi connectivity index (χ4v) is 2.76. The fourth-order valence-electron chi connectivity index (χ4n) is 2.76. The number of anilines is 1. The van der Waals surface area contributed by atoms with Gasteiger partial charge in [0.2, 0.25) is 5.91 Å². The highest BCUT2D eigenvalue weighted by Gasteiger charge is 2.27. The maximum atomic E-state index is 12.4. The number of carbonyl (C=O) groups excluding carboxylic acids is 1. The molecule has 2 unspecified atom stereocenters. The lowest BCUT2D eigenvalue weighted by Gasteiger charge is -2.29. The number of piperidine rings is 1. The molecule has 104 valence electrons. The van der Waals surface area contributed by atoms with Crippen LogP contribution in [0.3, 0.4) is 0 Å². The first-order valence-corrected chi connectivity index (χ1v) is 7.34. The van der Waals surface area contributed by atoms with Crippen molar-refractivity contribution in [2.75, 3.05) is 11.9 Å². The number of hydrogen-bond acceptors (Lipinski definition) is 2. The summed E-state index contributed by atoms with van der Waals surface area (Å²) in [6.45, 7) is 5.28. The van der Waals surface area contributed by atoms with E-state index in [1.165, 1.54) is 5.56 Å². The van der Waals surface area contributed by atoms with E-state index in [9.17, 15) is 4.79 Å². The van der Waals surface area contributed by atoms with Crippen LogP contribution >= 0.6 is 0 Å². The molecular weight excluding hydrogens is 236 g/mol. The molecule has 0 radical (unpaired) electrons. The zero-order valence-corrected chi connectivity index (χ0v) is 11.9. The van der Waals surface area contributed by atoms with Gasteiger partial charge >= 0.3 is 0 Å². The molecule has 19 heavy (non-hydrogen) atoms. The Balaban J connectivity index is 2.05. The smallest absolute Gasteiger partial charge is 0.229 e. The molecule has 1 amide bonds. The third-order valence-electron chi connectivity index (χ3n) is 3.89. The molecule has 1 saturated heterocycles. The Morgan fingerprint density at radius 3 is 2.95 bits per heavy atom. The van der Waals surface area contributed by atoms with Crippen LogP contribution in [0.25, 0.3) is 0 Å². The summed E-state index contributed by atoms with van der Waals surface area (Å²) in [6, 6.07) is 8.39. The number of hydrogen-bond donors (Lipinski definition) is 2. The minimum absolute atomic E-state index is 0.0865. The summed E-state index contributed by atoms with van der Waals surface area (Å²) >= 11 is 0. The number of amides is 1. The molecule has 1 fully saturated rings. The molecule has 0 saturated carbocycles. The topological polar surface area (TPSA) is 41.1 Å². The van der Waals surface area contributed by atoms with Gasteiger partial charge in [-0.05, 0) is 44.4 Å². The highest BCUT2D eigenvalue weighted by molar-refractivity contribution is 5.93. The Labute approximate surface area is 115 Å². The molecule has 0 aromatic heterocycles. The van der Waals surface area contributed by atoms with Gasteiger partial charge in [0.25, 0.3) is 0 Å². The number of aryl methyl sites for hydroxylation is 1. The second-order valence-corrected chi connectivity index (χ2v) is 5.39. The van der Waals surface area contributed by atoms with Crippen molar-refractivity contribution in [3.05, 3.63) is 29.8 Å². The molecule has 2 N–H and O–H groups in total. The highest BCUT2D eigenvalue weighted by Crippen LogP contribution is 2.21. The van der Waals surface area contributed by atoms with Gasteiger partial charge in [-0.25, -0.2) is 0 Å². The van der Waals surface area contributed by atoms with Crippen molar-refractivity contribution in [2.45, 2.75) is 45.6 Å². The van der Waals surface area contributed by atoms with Gasteiger partial charge in [0.1, 0.15) is 0 Å². The summed E-state index contributed by atoms with van der Waals surface area (Å²) in [5.74, 6) is 0.242. The average molecular weight is 260 g/mol. The summed E-state index contributed by atoms with van der Waals surface area (Å²) < 4.78 is 0. The van der Waals surface area contributed by atoms with Crippen molar-refractivity contribution >= 4 is 11.6 Å². The van der Waals surface area contributed by atoms with E-state index in [0.29, 0.717) is 0 Å². The molecule has 1 aromatic carbocycles. The molecule has 0 spiro atoms. The van der Waals surface area contributed by atoms with Gasteiger partial charge in [-0.15, -0.1) is 0 Å². The third-order valence-corrected chi connectivity index (χ3v) is 3.89. The van der Waals surface area contributed by atoms with Gasteiger partial charge < -0.3 is 10.6 Å². The van der Waals surface area contributed by atoms with E-state index < -0.39 is 0 Å². The Morgan fingerprint density at radius 2 is 2.21 bits per heavy atom. The number of benzene rings is 1. The van der Waals surface area contributed by atoms with E-state index >= 15 is 0 Å². The quantitative estimate of drug-likeness (QED) is 0.874. The van der Waals surface area contributed by atoms with Crippen LogP contribution < -0.4 is 10.6 Å². The second-order valence-electron chi connectivity index (χ2n) is 5.39. The van der Waals surface area contributed by atoms with Crippen molar-refractivity contribution in [3.8, 4) is 0 Å². The van der Waals surface area contributed by atoms with E-state index in [-0.39, 0.29) is 17.9 Å². The Hall–Kier alpha value is -1.35. The molecular formula is C16H24N2O. The SMILES string of the molecule is CCCc1ccccc1NC(=O)C1CCCNC1C. The fraction of sp³-hybridized carbons (Fsp3) is 0.562. The Morgan fingerprint density at radius 1 is 1.42 bits per heavy atom. The van der Waals surface area contributed by atoms with Crippen LogP contribution in [-0.2, 0) is 11.2 Å². The van der Waals surface area contributed by atoms with E-state index in [1.807, 2.05) is 18.2 Å². The van der Waals surface area contributed by atoms with E-state index in [2.05, 4.69) is 30.5 Å². The van der Waals surface area contributed by atoms with Crippen LogP contribution in [0, 0.1) is 5.92 Å². The molecule has 3 heteroatoms. The minimum Gasteiger partial charge on any atom is -0.326 e. The molecule has 1 aliphatic rings. The Kier molecular flexibility index (Phi) is 4.97. The van der Waals surface area contributed by atoms with Gasteiger partial charge in [-0.1, -0.05) is 31.5 Å². The first-order valence-electron chi connectivity index (χ1n) is 7.34. The molecule has 3 nitrogen and oxygen atoms in total. The van der Waals surface area contributed by atoms with Gasteiger partial charge in [0.15, 0.2) is 0 Å². The maximum Gasteiger partial charge on any atom is 0.229 e. The van der Waals surface area contributed by atoms with Crippen molar-refractivity contribution in [1.29, 1.82) is 0 Å². The van der Waals surface area contributed by atoms with E-state index in [4.69, 9.17) is 0 Å². The standard InChI is InChI=1S/C16H24N2O/c1-3-7-13-8-4-5-10-15(13)18-16(19)14-9-6-11-17-12(14)2/h4-5,8,10,12,14,17H,3,6-7,9,11H2,1-2H3,(H,18,19). The number of rotatable bonds is 4. The lowest BCUT2D eigenvalue weighted by molar-refractivity contribution is -0.121. The number of nitrogens with one attached hydrogen (secondary N) is 2. The molecule has 0 bridgehead atoms. The van der Waals surface area contributed by atoms with Gasteiger partial charge in [0.05, 0.1) is 5.92 Å².